The molecule has 0 heterocycles. The van der Waals surface area contributed by atoms with Crippen molar-refractivity contribution in [2.24, 2.45) is 0 Å². The molecule has 0 aliphatic heterocycles. The van der Waals surface area contributed by atoms with Crippen molar-refractivity contribution in [3.63, 3.8) is 0 Å². The lowest BCUT2D eigenvalue weighted by atomic mass is 10.1. The lowest BCUT2D eigenvalue weighted by molar-refractivity contribution is 0.295. The maximum absolute atomic E-state index is 7.88. The summed E-state index contributed by atoms with van der Waals surface area (Å²) in [6.45, 7) is 8.42. The number of aliphatic hydroxyl groups excluding tert-OH is 2. The Bertz CT molecular complexity index is 199. The fourth-order valence-electron chi connectivity index (χ4n) is 0.663. The van der Waals surface area contributed by atoms with Gasteiger partial charge >= 0.3 is 0 Å². The van der Waals surface area contributed by atoms with Crippen molar-refractivity contribution >= 4 is 0 Å². The number of aliphatic hydroxyl groups is 2. The zero-order valence-corrected chi connectivity index (χ0v) is 10.3. The first-order chi connectivity index (χ1) is 7.13. The molecule has 0 atom stereocenters. The molecule has 0 radical (unpaired) electrons. The van der Waals surface area contributed by atoms with E-state index in [-0.39, 0.29) is 6.61 Å². The van der Waals surface area contributed by atoms with Gasteiger partial charge < -0.3 is 10.2 Å². The summed E-state index contributed by atoms with van der Waals surface area (Å²) in [5.41, 5.74) is 2.74. The first-order valence-electron chi connectivity index (χ1n) is 5.37. The van der Waals surface area contributed by atoms with Crippen LogP contribution in [-0.2, 0) is 0 Å². The van der Waals surface area contributed by atoms with E-state index in [0.29, 0.717) is 6.61 Å². The normalized spacial score (nSPS) is 8.13. The SMILES string of the molecule is CCCO.CCO.Cc1ccccc1C. The van der Waals surface area contributed by atoms with E-state index in [4.69, 9.17) is 10.2 Å². The maximum atomic E-state index is 7.88. The molecule has 1 rings (SSSR count). The summed E-state index contributed by atoms with van der Waals surface area (Å²) in [7, 11) is 0. The fraction of sp³-hybridized carbons (Fsp3) is 0.538. The molecule has 0 saturated heterocycles. The summed E-state index contributed by atoms with van der Waals surface area (Å²) >= 11 is 0. The van der Waals surface area contributed by atoms with Crippen LogP contribution >= 0.6 is 0 Å². The molecule has 1 aromatic carbocycles. The number of hydrogen-bond donors (Lipinski definition) is 2. The van der Waals surface area contributed by atoms with Crippen molar-refractivity contribution in [3.05, 3.63) is 35.4 Å². The molecule has 2 N–H and O–H groups in total. The van der Waals surface area contributed by atoms with Gasteiger partial charge in [0.05, 0.1) is 0 Å². The lowest BCUT2D eigenvalue weighted by Gasteiger charge is -1.93. The van der Waals surface area contributed by atoms with E-state index in [1.54, 1.807) is 6.92 Å². The van der Waals surface area contributed by atoms with Gasteiger partial charge in [0.1, 0.15) is 0 Å². The molecule has 0 saturated carbocycles. The molecule has 0 amide bonds. The van der Waals surface area contributed by atoms with Crippen molar-refractivity contribution in [1.29, 1.82) is 0 Å². The van der Waals surface area contributed by atoms with Crippen molar-refractivity contribution in [1.82, 2.24) is 0 Å². The minimum atomic E-state index is 0.250. The zero-order chi connectivity index (χ0) is 12.1. The van der Waals surface area contributed by atoms with Crippen molar-refractivity contribution in [2.45, 2.75) is 34.1 Å². The topological polar surface area (TPSA) is 40.5 Å². The summed E-state index contributed by atoms with van der Waals surface area (Å²) in [5, 5.41) is 15.4. The number of benzene rings is 1. The Morgan fingerprint density at radius 3 is 1.33 bits per heavy atom. The van der Waals surface area contributed by atoms with Gasteiger partial charge in [-0.05, 0) is 38.3 Å². The highest BCUT2D eigenvalue weighted by Crippen LogP contribution is 2.02. The average molecular weight is 212 g/mol. The Kier molecular flexibility index (Phi) is 14.5. The third-order valence-electron chi connectivity index (χ3n) is 1.65. The molecular formula is C13H24O2. The first kappa shape index (κ1) is 16.6. The first-order valence-corrected chi connectivity index (χ1v) is 5.37. The van der Waals surface area contributed by atoms with E-state index < -0.39 is 0 Å². The predicted octanol–water partition coefficient (Wildman–Crippen LogP) is 2.69. The number of rotatable bonds is 1. The average Bonchev–Trinajstić information content (AvgIpc) is 2.24. The van der Waals surface area contributed by atoms with Crippen LogP contribution in [0.5, 0.6) is 0 Å². The second-order valence-electron chi connectivity index (χ2n) is 3.12. The molecule has 0 spiro atoms. The Morgan fingerprint density at radius 2 is 1.20 bits per heavy atom. The van der Waals surface area contributed by atoms with Gasteiger partial charge in [0.25, 0.3) is 0 Å². The highest BCUT2D eigenvalue weighted by atomic mass is 16.3. The standard InChI is InChI=1S/C8H10.C3H8O.C2H6O/c1-7-5-3-4-6-8(7)2;1-2-3-4;1-2-3/h3-6H,1-2H3;4H,2-3H2,1H3;3H,2H2,1H3. The van der Waals surface area contributed by atoms with E-state index in [1.165, 1.54) is 11.1 Å². The Morgan fingerprint density at radius 1 is 0.933 bits per heavy atom. The summed E-state index contributed by atoms with van der Waals surface area (Å²) in [4.78, 5) is 0. The van der Waals surface area contributed by atoms with E-state index >= 15 is 0 Å². The summed E-state index contributed by atoms with van der Waals surface area (Å²) in [6.07, 6.45) is 0.875. The van der Waals surface area contributed by atoms with Gasteiger partial charge in [0.2, 0.25) is 0 Å². The summed E-state index contributed by atoms with van der Waals surface area (Å²) in [5.74, 6) is 0. The molecule has 0 aliphatic rings. The van der Waals surface area contributed by atoms with Crippen LogP contribution in [0.3, 0.4) is 0 Å². The van der Waals surface area contributed by atoms with Crippen LogP contribution < -0.4 is 0 Å². The molecule has 15 heavy (non-hydrogen) atoms. The molecule has 0 fully saturated rings. The number of aryl methyl sites for hydroxylation is 2. The molecule has 1 aromatic rings. The van der Waals surface area contributed by atoms with E-state index in [2.05, 4.69) is 38.1 Å². The highest BCUT2D eigenvalue weighted by molar-refractivity contribution is 5.23. The van der Waals surface area contributed by atoms with Gasteiger partial charge in [-0.1, -0.05) is 31.2 Å². The molecule has 88 valence electrons. The van der Waals surface area contributed by atoms with Gasteiger partial charge in [-0.25, -0.2) is 0 Å². The molecular weight excluding hydrogens is 188 g/mol. The van der Waals surface area contributed by atoms with Crippen molar-refractivity contribution in [3.8, 4) is 0 Å². The summed E-state index contributed by atoms with van der Waals surface area (Å²) < 4.78 is 0. The predicted molar refractivity (Wildman–Crippen MR) is 66.1 cm³/mol. The lowest BCUT2D eigenvalue weighted by Crippen LogP contribution is -1.74. The van der Waals surface area contributed by atoms with Gasteiger partial charge in [-0.15, -0.1) is 0 Å². The zero-order valence-electron chi connectivity index (χ0n) is 10.3. The summed E-state index contributed by atoms with van der Waals surface area (Å²) in [6, 6.07) is 8.36. The fourth-order valence-corrected chi connectivity index (χ4v) is 0.663. The van der Waals surface area contributed by atoms with Crippen LogP contribution in [0, 0.1) is 13.8 Å². The molecule has 0 aromatic heterocycles. The molecule has 0 bridgehead atoms. The Balaban J connectivity index is 0. The van der Waals surface area contributed by atoms with E-state index in [1.807, 2.05) is 6.92 Å². The third-order valence-corrected chi connectivity index (χ3v) is 1.65. The van der Waals surface area contributed by atoms with Crippen LogP contribution in [0.1, 0.15) is 31.4 Å². The molecule has 0 unspecified atom stereocenters. The van der Waals surface area contributed by atoms with Crippen molar-refractivity contribution in [2.75, 3.05) is 13.2 Å². The minimum absolute atomic E-state index is 0.250. The Hall–Kier alpha value is -0.860. The van der Waals surface area contributed by atoms with E-state index in [0.717, 1.165) is 6.42 Å². The van der Waals surface area contributed by atoms with Crippen LogP contribution in [0.25, 0.3) is 0 Å². The monoisotopic (exact) mass is 212 g/mol. The second-order valence-corrected chi connectivity index (χ2v) is 3.12. The van der Waals surface area contributed by atoms with E-state index in [9.17, 15) is 0 Å². The molecule has 2 nitrogen and oxygen atoms in total. The Labute approximate surface area is 93.6 Å². The quantitative estimate of drug-likeness (QED) is 0.751. The van der Waals surface area contributed by atoms with Crippen molar-refractivity contribution < 1.29 is 10.2 Å². The highest BCUT2D eigenvalue weighted by Gasteiger charge is 1.83. The van der Waals surface area contributed by atoms with Crippen LogP contribution in [0.4, 0.5) is 0 Å². The van der Waals surface area contributed by atoms with Gasteiger partial charge in [0, 0.05) is 13.2 Å². The second kappa shape index (κ2) is 13.1. The molecule has 2 heteroatoms. The van der Waals surface area contributed by atoms with Gasteiger partial charge in [-0.3, -0.25) is 0 Å². The number of hydrogen-bond acceptors (Lipinski definition) is 2. The van der Waals surface area contributed by atoms with Crippen LogP contribution in [0.2, 0.25) is 0 Å². The van der Waals surface area contributed by atoms with Gasteiger partial charge in [0.15, 0.2) is 0 Å². The largest absolute Gasteiger partial charge is 0.397 e. The smallest absolute Gasteiger partial charge is 0.0428 e. The minimum Gasteiger partial charge on any atom is -0.397 e. The molecule has 0 aliphatic carbocycles. The van der Waals surface area contributed by atoms with Crippen LogP contribution in [0.15, 0.2) is 24.3 Å². The van der Waals surface area contributed by atoms with Gasteiger partial charge in [-0.2, -0.15) is 0 Å². The maximum Gasteiger partial charge on any atom is 0.0428 e. The van der Waals surface area contributed by atoms with Crippen LogP contribution in [-0.4, -0.2) is 23.4 Å². The third kappa shape index (κ3) is 13.1.